The first-order valence-corrected chi connectivity index (χ1v) is 8.00. The zero-order valence-electron chi connectivity index (χ0n) is 11.3. The molecule has 108 valence electrons. The normalized spacial score (nSPS) is 25.0. The molecule has 20 heavy (non-hydrogen) atoms. The van der Waals surface area contributed by atoms with Crippen LogP contribution in [-0.4, -0.2) is 52.1 Å². The number of fused-ring (bicyclic) bond motifs is 1. The van der Waals surface area contributed by atoms with E-state index in [1.54, 1.807) is 0 Å². The number of aryl methyl sites for hydroxylation is 2. The molecule has 1 aliphatic carbocycles. The summed E-state index contributed by atoms with van der Waals surface area (Å²) in [6, 6.07) is 6.43. The second kappa shape index (κ2) is 5.76. The van der Waals surface area contributed by atoms with Crippen LogP contribution < -0.4 is 0 Å². The predicted molar refractivity (Wildman–Crippen MR) is 77.8 cm³/mol. The van der Waals surface area contributed by atoms with Crippen LogP contribution >= 0.6 is 11.8 Å². The highest BCUT2D eigenvalue weighted by molar-refractivity contribution is 8.00. The lowest BCUT2D eigenvalue weighted by Gasteiger charge is -2.15. The zero-order chi connectivity index (χ0) is 14.1. The third-order valence-electron chi connectivity index (χ3n) is 4.04. The van der Waals surface area contributed by atoms with Gasteiger partial charge in [-0.05, 0) is 42.5 Å². The predicted octanol–water partition coefficient (Wildman–Crippen LogP) is 0.831. The van der Waals surface area contributed by atoms with E-state index in [-0.39, 0.29) is 19.0 Å². The van der Waals surface area contributed by atoms with E-state index in [0.717, 1.165) is 11.3 Å². The van der Waals surface area contributed by atoms with Gasteiger partial charge in [-0.15, -0.1) is 11.8 Å². The molecule has 1 fully saturated rings. The first kappa shape index (κ1) is 13.9. The summed E-state index contributed by atoms with van der Waals surface area (Å²) < 4.78 is 0. The van der Waals surface area contributed by atoms with Crippen LogP contribution in [0.3, 0.4) is 0 Å². The Bertz CT molecular complexity index is 510. The maximum absolute atomic E-state index is 12.0. The Hall–Kier alpha value is -1.04. The van der Waals surface area contributed by atoms with Gasteiger partial charge in [0.15, 0.2) is 0 Å². The maximum Gasteiger partial charge on any atom is 0.233 e. The van der Waals surface area contributed by atoms with Crippen molar-refractivity contribution in [2.24, 2.45) is 0 Å². The van der Waals surface area contributed by atoms with E-state index in [1.807, 2.05) is 0 Å². The zero-order valence-corrected chi connectivity index (χ0v) is 12.1. The number of nitrogens with zero attached hydrogens (tertiary/aromatic N) is 1. The molecular formula is C15H19NO3S. The minimum atomic E-state index is -0.802. The number of thioether (sulfide) groups is 1. The van der Waals surface area contributed by atoms with Crippen LogP contribution in [0.1, 0.15) is 17.5 Å². The van der Waals surface area contributed by atoms with Crippen molar-refractivity contribution in [3.63, 3.8) is 0 Å². The Kier molecular flexibility index (Phi) is 4.01. The monoisotopic (exact) mass is 293 g/mol. The smallest absolute Gasteiger partial charge is 0.233 e. The lowest BCUT2D eigenvalue weighted by atomic mass is 10.1. The van der Waals surface area contributed by atoms with E-state index in [0.29, 0.717) is 5.75 Å². The summed E-state index contributed by atoms with van der Waals surface area (Å²) in [6.07, 6.45) is 1.93. The van der Waals surface area contributed by atoms with Gasteiger partial charge in [-0.3, -0.25) is 4.79 Å². The third kappa shape index (κ3) is 2.85. The molecule has 0 aromatic heterocycles. The van der Waals surface area contributed by atoms with E-state index in [1.165, 1.54) is 40.6 Å². The molecule has 2 unspecified atom stereocenters. The number of amides is 1. The molecule has 2 N–H and O–H groups in total. The van der Waals surface area contributed by atoms with Crippen LogP contribution in [0.2, 0.25) is 0 Å². The van der Waals surface area contributed by atoms with Gasteiger partial charge in [0.2, 0.25) is 5.91 Å². The average molecular weight is 293 g/mol. The summed E-state index contributed by atoms with van der Waals surface area (Å²) >= 11 is 1.53. The summed E-state index contributed by atoms with van der Waals surface area (Å²) in [7, 11) is 0. The van der Waals surface area contributed by atoms with Crippen molar-refractivity contribution in [3.05, 3.63) is 29.3 Å². The molecule has 3 rings (SSSR count). The lowest BCUT2D eigenvalue weighted by Crippen LogP contribution is -2.31. The Morgan fingerprint density at radius 1 is 1.20 bits per heavy atom. The summed E-state index contributed by atoms with van der Waals surface area (Å²) in [6.45, 7) is 0.482. The lowest BCUT2D eigenvalue weighted by molar-refractivity contribution is -0.127. The van der Waals surface area contributed by atoms with E-state index in [9.17, 15) is 15.0 Å². The van der Waals surface area contributed by atoms with Gasteiger partial charge in [0.25, 0.3) is 0 Å². The van der Waals surface area contributed by atoms with Crippen LogP contribution in [0.5, 0.6) is 0 Å². The number of rotatable bonds is 3. The minimum Gasteiger partial charge on any atom is -0.388 e. The maximum atomic E-state index is 12.0. The molecule has 5 heteroatoms. The SMILES string of the molecule is O=C(CSc1ccc2c(c1)CCC2)N1CC(O)C(O)C1. The molecule has 2 atom stereocenters. The Labute approximate surface area is 122 Å². The number of benzene rings is 1. The highest BCUT2D eigenvalue weighted by Gasteiger charge is 2.32. The second-order valence-corrected chi connectivity index (χ2v) is 6.55. The van der Waals surface area contributed by atoms with E-state index < -0.39 is 12.2 Å². The van der Waals surface area contributed by atoms with E-state index >= 15 is 0 Å². The summed E-state index contributed by atoms with van der Waals surface area (Å²) in [5.74, 6) is 0.337. The van der Waals surface area contributed by atoms with Gasteiger partial charge < -0.3 is 15.1 Å². The van der Waals surface area contributed by atoms with Gasteiger partial charge in [-0.2, -0.15) is 0 Å². The Morgan fingerprint density at radius 3 is 2.65 bits per heavy atom. The van der Waals surface area contributed by atoms with Crippen molar-refractivity contribution >= 4 is 17.7 Å². The van der Waals surface area contributed by atoms with Crippen molar-refractivity contribution in [2.75, 3.05) is 18.8 Å². The molecule has 4 nitrogen and oxygen atoms in total. The van der Waals surface area contributed by atoms with Crippen molar-refractivity contribution in [1.82, 2.24) is 4.90 Å². The molecule has 1 saturated heterocycles. The van der Waals surface area contributed by atoms with Crippen LogP contribution in [0.15, 0.2) is 23.1 Å². The molecule has 2 aliphatic rings. The number of β-amino-alcohol motifs (C(OH)–C–C–N with tert-alkyl or cyclic N) is 2. The van der Waals surface area contributed by atoms with Crippen molar-refractivity contribution in [1.29, 1.82) is 0 Å². The fraction of sp³-hybridized carbons (Fsp3) is 0.533. The molecule has 1 aromatic carbocycles. The van der Waals surface area contributed by atoms with Gasteiger partial charge in [0.05, 0.1) is 18.0 Å². The van der Waals surface area contributed by atoms with Crippen LogP contribution in [0.25, 0.3) is 0 Å². The third-order valence-corrected chi connectivity index (χ3v) is 5.02. The largest absolute Gasteiger partial charge is 0.388 e. The van der Waals surface area contributed by atoms with Gasteiger partial charge >= 0.3 is 0 Å². The topological polar surface area (TPSA) is 60.8 Å². The molecule has 1 aliphatic heterocycles. The number of hydrogen-bond donors (Lipinski definition) is 2. The number of aliphatic hydroxyl groups excluding tert-OH is 2. The minimum absolute atomic E-state index is 0.0221. The van der Waals surface area contributed by atoms with Gasteiger partial charge in [-0.25, -0.2) is 0 Å². The fourth-order valence-electron chi connectivity index (χ4n) is 2.85. The van der Waals surface area contributed by atoms with E-state index in [2.05, 4.69) is 18.2 Å². The van der Waals surface area contributed by atoms with Gasteiger partial charge in [-0.1, -0.05) is 6.07 Å². The number of likely N-dealkylation sites (tertiary alicyclic amines) is 1. The number of carbonyl (C=O) groups is 1. The standard InChI is InChI=1S/C15H19NO3S/c17-13-7-16(8-14(13)18)15(19)9-20-12-5-4-10-2-1-3-11(10)6-12/h4-6,13-14,17-18H,1-3,7-9H2. The van der Waals surface area contributed by atoms with Crippen LogP contribution in [0.4, 0.5) is 0 Å². The molecular weight excluding hydrogens is 274 g/mol. The summed E-state index contributed by atoms with van der Waals surface area (Å²) in [4.78, 5) is 14.7. The quantitative estimate of drug-likeness (QED) is 0.811. The summed E-state index contributed by atoms with van der Waals surface area (Å²) in [5.41, 5.74) is 2.85. The van der Waals surface area contributed by atoms with Gasteiger partial charge in [0.1, 0.15) is 0 Å². The Morgan fingerprint density at radius 2 is 1.90 bits per heavy atom. The molecule has 1 amide bonds. The van der Waals surface area contributed by atoms with E-state index in [4.69, 9.17) is 0 Å². The van der Waals surface area contributed by atoms with Crippen LogP contribution in [0, 0.1) is 0 Å². The number of carbonyl (C=O) groups excluding carboxylic acids is 1. The van der Waals surface area contributed by atoms with Crippen molar-refractivity contribution < 1.29 is 15.0 Å². The molecule has 0 radical (unpaired) electrons. The fourth-order valence-corrected chi connectivity index (χ4v) is 3.71. The molecule has 0 spiro atoms. The van der Waals surface area contributed by atoms with Crippen LogP contribution in [-0.2, 0) is 17.6 Å². The Balaban J connectivity index is 1.56. The molecule has 1 heterocycles. The average Bonchev–Trinajstić information content (AvgIpc) is 3.03. The summed E-state index contributed by atoms with van der Waals surface area (Å²) in [5, 5.41) is 18.9. The number of aliphatic hydroxyl groups is 2. The highest BCUT2D eigenvalue weighted by atomic mass is 32.2. The molecule has 1 aromatic rings. The first-order valence-electron chi connectivity index (χ1n) is 7.02. The first-order chi connectivity index (χ1) is 9.63. The second-order valence-electron chi connectivity index (χ2n) is 5.51. The molecule has 0 bridgehead atoms. The van der Waals surface area contributed by atoms with Crippen molar-refractivity contribution in [2.45, 2.75) is 36.4 Å². The molecule has 0 saturated carbocycles. The van der Waals surface area contributed by atoms with Crippen molar-refractivity contribution in [3.8, 4) is 0 Å². The number of hydrogen-bond acceptors (Lipinski definition) is 4. The highest BCUT2D eigenvalue weighted by Crippen LogP contribution is 2.27. The van der Waals surface area contributed by atoms with Gasteiger partial charge in [0, 0.05) is 18.0 Å².